The van der Waals surface area contributed by atoms with Gasteiger partial charge in [-0.1, -0.05) is 20.3 Å². The smallest absolute Gasteiger partial charge is 0.357 e. The zero-order valence-electron chi connectivity index (χ0n) is 15.7. The number of nitrogens with one attached hydrogen (secondary N) is 1. The minimum Gasteiger partial charge on any atom is -0.461 e. The summed E-state index contributed by atoms with van der Waals surface area (Å²) in [5.74, 6) is -0.254. The second-order valence-corrected chi connectivity index (χ2v) is 6.32. The van der Waals surface area contributed by atoms with Crippen molar-refractivity contribution in [2.24, 2.45) is 0 Å². The van der Waals surface area contributed by atoms with Crippen LogP contribution < -0.4 is 0 Å². The summed E-state index contributed by atoms with van der Waals surface area (Å²) in [6.45, 7) is 12.2. The molecule has 0 amide bonds. The van der Waals surface area contributed by atoms with Crippen LogP contribution in [0.3, 0.4) is 0 Å². The number of hydrogen-bond acceptors (Lipinski definition) is 4. The highest BCUT2D eigenvalue weighted by Crippen LogP contribution is 2.28. The molecule has 140 valence electrons. The van der Waals surface area contributed by atoms with Crippen LogP contribution in [0.25, 0.3) is 0 Å². The third-order valence-electron chi connectivity index (χ3n) is 4.15. The molecular formula is C18H34N2O4. The molecule has 0 aliphatic carbocycles. The number of rotatable bonds is 8. The average molecular weight is 342 g/mol. The molecule has 0 aromatic carbocycles. The van der Waals surface area contributed by atoms with Crippen LogP contribution >= 0.6 is 0 Å². The average Bonchev–Trinajstić information content (AvgIpc) is 2.53. The van der Waals surface area contributed by atoms with E-state index in [2.05, 4.69) is 25.9 Å². The molecule has 6 nitrogen and oxygen atoms in total. The highest BCUT2D eigenvalue weighted by atomic mass is 16.5. The van der Waals surface area contributed by atoms with E-state index in [1.165, 1.54) is 0 Å². The molecule has 0 spiro atoms. The Kier molecular flexibility index (Phi) is 9.79. The van der Waals surface area contributed by atoms with E-state index in [1.54, 1.807) is 0 Å². The molecule has 1 aromatic heterocycles. The molecule has 1 N–H and O–H groups in total. The Bertz CT molecular complexity index is 431. The molecule has 0 radical (unpaired) electrons. The number of carbonyl (C=O) groups excluding carboxylic acids is 1. The third kappa shape index (κ3) is 6.69. The lowest BCUT2D eigenvalue weighted by atomic mass is 9.92. The molecule has 6 heteroatoms. The summed E-state index contributed by atoms with van der Waals surface area (Å²) in [6.07, 6.45) is 6.86. The van der Waals surface area contributed by atoms with Gasteiger partial charge in [-0.3, -0.25) is 9.78 Å². The molecule has 0 atom stereocenters. The van der Waals surface area contributed by atoms with Crippen molar-refractivity contribution >= 4 is 5.97 Å². The Morgan fingerprint density at radius 3 is 2.42 bits per heavy atom. The molecule has 1 aliphatic rings. The first-order valence-corrected chi connectivity index (χ1v) is 9.17. The normalized spacial score (nSPS) is 16.3. The Morgan fingerprint density at radius 1 is 1.25 bits per heavy atom. The lowest BCUT2D eigenvalue weighted by molar-refractivity contribution is 0.0189. The van der Waals surface area contributed by atoms with Gasteiger partial charge in [0.1, 0.15) is 0 Å². The summed E-state index contributed by atoms with van der Waals surface area (Å²) in [4.78, 5) is 11.6. The first-order chi connectivity index (χ1) is 11.6. The topological polar surface area (TPSA) is 65.5 Å². The standard InChI is InChI=1S/C13H22N2O3.C5H12O/c1-3-4-7-18-12(16)11-10-15(14-11)13(2)5-8-17-9-6-13;1-3-5-6-4-2/h10,14H,3-9H2,1-2H3;3-5H2,1-2H3. The van der Waals surface area contributed by atoms with Crippen LogP contribution in [0.4, 0.5) is 0 Å². The van der Waals surface area contributed by atoms with E-state index in [9.17, 15) is 4.79 Å². The summed E-state index contributed by atoms with van der Waals surface area (Å²) in [7, 11) is 0. The van der Waals surface area contributed by atoms with Gasteiger partial charge in [-0.2, -0.15) is 0 Å². The van der Waals surface area contributed by atoms with Crippen LogP contribution in [0.5, 0.6) is 0 Å². The summed E-state index contributed by atoms with van der Waals surface area (Å²) in [5, 5.41) is 3.08. The number of ether oxygens (including phenoxy) is 3. The van der Waals surface area contributed by atoms with Crippen LogP contribution in [-0.4, -0.2) is 48.8 Å². The molecule has 2 rings (SSSR count). The van der Waals surface area contributed by atoms with Gasteiger partial charge in [-0.05, 0) is 39.5 Å². The zero-order valence-corrected chi connectivity index (χ0v) is 15.7. The molecule has 1 aliphatic heterocycles. The summed E-state index contributed by atoms with van der Waals surface area (Å²) in [6, 6.07) is 0. The van der Waals surface area contributed by atoms with Gasteiger partial charge in [0.2, 0.25) is 0 Å². The van der Waals surface area contributed by atoms with Crippen molar-refractivity contribution in [3.63, 3.8) is 0 Å². The van der Waals surface area contributed by atoms with Gasteiger partial charge in [0, 0.05) is 26.4 Å². The Hall–Kier alpha value is -1.27. The van der Waals surface area contributed by atoms with Gasteiger partial charge in [0.05, 0.1) is 18.3 Å². The van der Waals surface area contributed by atoms with E-state index in [0.29, 0.717) is 12.3 Å². The van der Waals surface area contributed by atoms with Crippen molar-refractivity contribution in [1.82, 2.24) is 9.78 Å². The van der Waals surface area contributed by atoms with Gasteiger partial charge >= 0.3 is 5.97 Å². The predicted octanol–water partition coefficient (Wildman–Crippen LogP) is 3.73. The number of aromatic nitrogens is 2. The van der Waals surface area contributed by atoms with Crippen molar-refractivity contribution in [3.8, 4) is 0 Å². The number of aromatic amines is 1. The van der Waals surface area contributed by atoms with Crippen LogP contribution in [0.1, 0.15) is 70.3 Å². The Labute approximate surface area is 145 Å². The van der Waals surface area contributed by atoms with Gasteiger partial charge < -0.3 is 14.2 Å². The van der Waals surface area contributed by atoms with Gasteiger partial charge in [-0.25, -0.2) is 4.79 Å². The number of carbonyl (C=O) groups is 1. The SMILES string of the molecule is CCCCOC(=O)c1cn(C2(C)CCOCC2)[nH]1.CCCOCC. The minimum atomic E-state index is -0.254. The molecule has 0 bridgehead atoms. The highest BCUT2D eigenvalue weighted by molar-refractivity contribution is 5.87. The fraction of sp³-hybridized carbons (Fsp3) is 0.833. The molecule has 24 heavy (non-hydrogen) atoms. The van der Waals surface area contributed by atoms with E-state index < -0.39 is 0 Å². The van der Waals surface area contributed by atoms with Crippen molar-refractivity contribution in [2.45, 2.75) is 65.3 Å². The maximum atomic E-state index is 11.6. The monoisotopic (exact) mass is 342 g/mol. The Morgan fingerprint density at radius 2 is 1.92 bits per heavy atom. The first-order valence-electron chi connectivity index (χ1n) is 9.17. The lowest BCUT2D eigenvalue weighted by Crippen LogP contribution is -2.41. The van der Waals surface area contributed by atoms with Crippen LogP contribution in [0, 0.1) is 0 Å². The lowest BCUT2D eigenvalue weighted by Gasteiger charge is -2.37. The quantitative estimate of drug-likeness (QED) is 0.577. The van der Waals surface area contributed by atoms with Crippen molar-refractivity contribution in [3.05, 3.63) is 11.9 Å². The second-order valence-electron chi connectivity index (χ2n) is 6.32. The largest absolute Gasteiger partial charge is 0.461 e. The number of esters is 1. The van der Waals surface area contributed by atoms with Crippen molar-refractivity contribution in [2.75, 3.05) is 33.0 Å². The number of nitrogens with zero attached hydrogens (tertiary/aromatic N) is 1. The fourth-order valence-corrected chi connectivity index (χ4v) is 2.37. The maximum absolute atomic E-state index is 11.6. The number of unbranched alkanes of at least 4 members (excludes halogenated alkanes) is 1. The summed E-state index contributed by atoms with van der Waals surface area (Å²) >= 11 is 0. The van der Waals surface area contributed by atoms with E-state index in [1.807, 2.05) is 17.8 Å². The van der Waals surface area contributed by atoms with Gasteiger partial charge in [0.25, 0.3) is 0 Å². The highest BCUT2D eigenvalue weighted by Gasteiger charge is 2.31. The zero-order chi connectivity index (χ0) is 17.8. The predicted molar refractivity (Wildman–Crippen MR) is 94.5 cm³/mol. The summed E-state index contributed by atoms with van der Waals surface area (Å²) in [5.41, 5.74) is 0.602. The second kappa shape index (κ2) is 11.3. The fourth-order valence-electron chi connectivity index (χ4n) is 2.37. The third-order valence-corrected chi connectivity index (χ3v) is 4.15. The number of hydrogen-bond donors (Lipinski definition) is 1. The van der Waals surface area contributed by atoms with Crippen LogP contribution in [-0.2, 0) is 19.7 Å². The molecule has 1 fully saturated rings. The number of H-pyrrole nitrogens is 1. The van der Waals surface area contributed by atoms with Gasteiger partial charge in [-0.15, -0.1) is 0 Å². The summed E-state index contributed by atoms with van der Waals surface area (Å²) < 4.78 is 17.5. The van der Waals surface area contributed by atoms with Gasteiger partial charge in [0.15, 0.2) is 5.69 Å². The van der Waals surface area contributed by atoms with Crippen molar-refractivity contribution in [1.29, 1.82) is 0 Å². The maximum Gasteiger partial charge on any atom is 0.357 e. The molecule has 0 unspecified atom stereocenters. The minimum absolute atomic E-state index is 0.0471. The van der Waals surface area contributed by atoms with Crippen LogP contribution in [0.2, 0.25) is 0 Å². The van der Waals surface area contributed by atoms with E-state index in [0.717, 1.165) is 58.5 Å². The van der Waals surface area contributed by atoms with E-state index in [4.69, 9.17) is 14.2 Å². The molecule has 0 saturated carbocycles. The Balaban J connectivity index is 0.000000413. The molecule has 1 aromatic rings. The van der Waals surface area contributed by atoms with E-state index >= 15 is 0 Å². The molecule has 2 heterocycles. The molecule has 1 saturated heterocycles. The van der Waals surface area contributed by atoms with E-state index in [-0.39, 0.29) is 11.5 Å². The van der Waals surface area contributed by atoms with Crippen LogP contribution in [0.15, 0.2) is 6.20 Å². The first kappa shape index (κ1) is 20.8. The molecular weight excluding hydrogens is 308 g/mol. The van der Waals surface area contributed by atoms with Crippen molar-refractivity contribution < 1.29 is 19.0 Å².